The molecule has 1 N–H and O–H groups in total. The summed E-state index contributed by atoms with van der Waals surface area (Å²) in [4.78, 5) is 27.7. The van der Waals surface area contributed by atoms with Crippen LogP contribution in [0.25, 0.3) is 0 Å². The van der Waals surface area contributed by atoms with Gasteiger partial charge in [0.15, 0.2) is 11.5 Å². The Balaban J connectivity index is 2.43. The molecule has 2 amide bonds. The Labute approximate surface area is 212 Å². The molecule has 198 valence electrons. The van der Waals surface area contributed by atoms with Crippen LogP contribution >= 0.6 is 0 Å². The molecule has 11 heteroatoms. The number of ether oxygens (including phenoxy) is 2. The Morgan fingerprint density at radius 3 is 2.17 bits per heavy atom. The number of hydrogen-bond acceptors (Lipinski definition) is 6. The summed E-state index contributed by atoms with van der Waals surface area (Å²) in [6.45, 7) is 4.76. The predicted molar refractivity (Wildman–Crippen MR) is 136 cm³/mol. The van der Waals surface area contributed by atoms with Gasteiger partial charge in [-0.1, -0.05) is 19.1 Å². The summed E-state index contributed by atoms with van der Waals surface area (Å²) < 4.78 is 50.2. The summed E-state index contributed by atoms with van der Waals surface area (Å²) in [5.74, 6) is -0.728. The zero-order chi connectivity index (χ0) is 27.0. The van der Waals surface area contributed by atoms with Crippen LogP contribution in [0.5, 0.6) is 11.5 Å². The average molecular weight is 524 g/mol. The Morgan fingerprint density at radius 1 is 1.03 bits per heavy atom. The Morgan fingerprint density at radius 2 is 1.64 bits per heavy atom. The van der Waals surface area contributed by atoms with E-state index in [9.17, 15) is 22.4 Å². The van der Waals surface area contributed by atoms with Crippen molar-refractivity contribution in [3.63, 3.8) is 0 Å². The minimum atomic E-state index is -3.90. The molecule has 2 unspecified atom stereocenters. The Hall–Kier alpha value is -3.34. The van der Waals surface area contributed by atoms with E-state index in [-0.39, 0.29) is 24.2 Å². The maximum Gasteiger partial charge on any atom is 0.244 e. The molecule has 0 radical (unpaired) electrons. The lowest BCUT2D eigenvalue weighted by Crippen LogP contribution is -2.52. The second kappa shape index (κ2) is 12.6. The molecule has 0 fully saturated rings. The quantitative estimate of drug-likeness (QED) is 0.459. The number of nitrogens with one attached hydrogen (secondary N) is 1. The number of methoxy groups -OCH3 is 2. The molecule has 0 bridgehead atoms. The molecular weight excluding hydrogens is 489 g/mol. The summed E-state index contributed by atoms with van der Waals surface area (Å²) in [6, 6.07) is 9.01. The van der Waals surface area contributed by atoms with Crippen LogP contribution in [0, 0.1) is 5.82 Å². The number of carbonyl (C=O) groups excluding carboxylic acids is 2. The summed E-state index contributed by atoms with van der Waals surface area (Å²) in [7, 11) is -1.03. The summed E-state index contributed by atoms with van der Waals surface area (Å²) in [5, 5.41) is 2.85. The van der Waals surface area contributed by atoms with E-state index in [0.29, 0.717) is 23.5 Å². The number of halogens is 1. The van der Waals surface area contributed by atoms with Gasteiger partial charge in [0, 0.05) is 18.7 Å². The van der Waals surface area contributed by atoms with E-state index < -0.39 is 34.3 Å². The molecule has 9 nitrogen and oxygen atoms in total. The highest BCUT2D eigenvalue weighted by Gasteiger charge is 2.30. The minimum absolute atomic E-state index is 0.0161. The van der Waals surface area contributed by atoms with Crippen molar-refractivity contribution in [1.29, 1.82) is 0 Å². The molecule has 2 aromatic rings. The number of anilines is 1. The Bertz CT molecular complexity index is 1160. The number of carbonyl (C=O) groups is 2. The largest absolute Gasteiger partial charge is 0.493 e. The van der Waals surface area contributed by atoms with Crippen molar-refractivity contribution in [2.24, 2.45) is 0 Å². The third kappa shape index (κ3) is 7.58. The van der Waals surface area contributed by atoms with E-state index in [2.05, 4.69) is 5.32 Å². The van der Waals surface area contributed by atoms with Crippen LogP contribution in [0.15, 0.2) is 42.5 Å². The van der Waals surface area contributed by atoms with Gasteiger partial charge in [-0.25, -0.2) is 12.8 Å². The zero-order valence-corrected chi connectivity index (χ0v) is 22.3. The second-order valence-electron chi connectivity index (χ2n) is 8.45. The minimum Gasteiger partial charge on any atom is -0.493 e. The normalized spacial score (nSPS) is 12.9. The third-order valence-electron chi connectivity index (χ3n) is 5.77. The fraction of sp³-hybridized carbons (Fsp3) is 0.440. The molecule has 0 aliphatic carbocycles. The number of nitrogens with zero attached hydrogens (tertiary/aromatic N) is 2. The van der Waals surface area contributed by atoms with Gasteiger partial charge < -0.3 is 19.7 Å². The van der Waals surface area contributed by atoms with Gasteiger partial charge in [0.25, 0.3) is 0 Å². The van der Waals surface area contributed by atoms with Crippen molar-refractivity contribution in [1.82, 2.24) is 10.2 Å². The monoisotopic (exact) mass is 523 g/mol. The van der Waals surface area contributed by atoms with Crippen LogP contribution in [-0.2, 0) is 26.2 Å². The van der Waals surface area contributed by atoms with E-state index >= 15 is 0 Å². The zero-order valence-electron chi connectivity index (χ0n) is 21.4. The number of benzene rings is 2. The van der Waals surface area contributed by atoms with Crippen molar-refractivity contribution in [2.75, 3.05) is 31.3 Å². The maximum absolute atomic E-state index is 13.5. The van der Waals surface area contributed by atoms with Crippen molar-refractivity contribution in [3.8, 4) is 11.5 Å². The van der Waals surface area contributed by atoms with Crippen molar-refractivity contribution in [2.45, 2.75) is 45.8 Å². The smallest absolute Gasteiger partial charge is 0.244 e. The van der Waals surface area contributed by atoms with Gasteiger partial charge in [-0.15, -0.1) is 0 Å². The lowest BCUT2D eigenvalue weighted by molar-refractivity contribution is -0.139. The van der Waals surface area contributed by atoms with Gasteiger partial charge in [0.1, 0.15) is 18.4 Å². The van der Waals surface area contributed by atoms with Gasteiger partial charge in [-0.05, 0) is 50.1 Å². The van der Waals surface area contributed by atoms with E-state index in [0.717, 1.165) is 10.6 Å². The van der Waals surface area contributed by atoms with Crippen LogP contribution in [-0.4, -0.2) is 64.2 Å². The summed E-state index contributed by atoms with van der Waals surface area (Å²) in [6.07, 6.45) is 1.69. The maximum atomic E-state index is 13.5. The molecule has 0 aliphatic heterocycles. The molecule has 36 heavy (non-hydrogen) atoms. The SMILES string of the molecule is CCC(C)NC(=O)C(C)N(Cc1ccc(F)cc1)C(=O)CN(c1ccc(OC)c(OC)c1)S(C)(=O)=O. The Kier molecular flexibility index (Phi) is 10.1. The number of amides is 2. The molecule has 0 saturated carbocycles. The number of hydrogen-bond donors (Lipinski definition) is 1. The molecule has 0 spiro atoms. The van der Waals surface area contributed by atoms with Gasteiger partial charge in [0.2, 0.25) is 21.8 Å². The van der Waals surface area contributed by atoms with Crippen molar-refractivity contribution in [3.05, 3.63) is 53.8 Å². The molecule has 0 aliphatic rings. The van der Waals surface area contributed by atoms with Crippen LogP contribution in [0.1, 0.15) is 32.8 Å². The van der Waals surface area contributed by atoms with Crippen LogP contribution in [0.4, 0.5) is 10.1 Å². The van der Waals surface area contributed by atoms with Crippen molar-refractivity contribution < 1.29 is 31.9 Å². The predicted octanol–water partition coefficient (Wildman–Crippen LogP) is 2.94. The van der Waals surface area contributed by atoms with Gasteiger partial charge >= 0.3 is 0 Å². The van der Waals surface area contributed by atoms with Gasteiger partial charge in [-0.3, -0.25) is 13.9 Å². The standard InChI is InChI=1S/C25H34FN3O6S/c1-7-17(2)27-25(31)18(3)28(15-19-8-10-20(26)11-9-19)24(30)16-29(36(6,32)33)21-12-13-22(34-4)23(14-21)35-5/h8-14,17-18H,7,15-16H2,1-6H3,(H,27,31). The topological polar surface area (TPSA) is 105 Å². The fourth-order valence-electron chi connectivity index (χ4n) is 3.43. The molecule has 0 aromatic heterocycles. The van der Waals surface area contributed by atoms with Crippen LogP contribution in [0.2, 0.25) is 0 Å². The second-order valence-corrected chi connectivity index (χ2v) is 10.4. The van der Waals surface area contributed by atoms with Crippen LogP contribution < -0.4 is 19.1 Å². The third-order valence-corrected chi connectivity index (χ3v) is 6.91. The molecule has 0 heterocycles. The van der Waals surface area contributed by atoms with Gasteiger partial charge in [-0.2, -0.15) is 0 Å². The van der Waals surface area contributed by atoms with Gasteiger partial charge in [0.05, 0.1) is 26.2 Å². The average Bonchev–Trinajstić information content (AvgIpc) is 2.85. The molecule has 0 saturated heterocycles. The summed E-state index contributed by atoms with van der Waals surface area (Å²) >= 11 is 0. The fourth-order valence-corrected chi connectivity index (χ4v) is 4.27. The first kappa shape index (κ1) is 28.9. The first-order valence-corrected chi connectivity index (χ1v) is 13.3. The van der Waals surface area contributed by atoms with E-state index in [1.54, 1.807) is 6.92 Å². The highest BCUT2D eigenvalue weighted by molar-refractivity contribution is 7.92. The highest BCUT2D eigenvalue weighted by Crippen LogP contribution is 2.32. The first-order valence-electron chi connectivity index (χ1n) is 11.4. The lowest BCUT2D eigenvalue weighted by Gasteiger charge is -2.32. The highest BCUT2D eigenvalue weighted by atomic mass is 32.2. The molecule has 2 atom stereocenters. The van der Waals surface area contributed by atoms with E-state index in [1.165, 1.54) is 61.6 Å². The first-order chi connectivity index (χ1) is 16.9. The molecule has 2 aromatic carbocycles. The van der Waals surface area contributed by atoms with Crippen molar-refractivity contribution >= 4 is 27.5 Å². The summed E-state index contributed by atoms with van der Waals surface area (Å²) in [5.41, 5.74) is 0.784. The van der Waals surface area contributed by atoms with E-state index in [1.807, 2.05) is 13.8 Å². The number of sulfonamides is 1. The lowest BCUT2D eigenvalue weighted by atomic mass is 10.1. The van der Waals surface area contributed by atoms with E-state index in [4.69, 9.17) is 9.47 Å². The van der Waals surface area contributed by atoms with Crippen LogP contribution in [0.3, 0.4) is 0 Å². The number of rotatable bonds is 12. The molecular formula is C25H34FN3O6S. The molecule has 2 rings (SSSR count).